The monoisotopic (exact) mass is 273 g/mol. The third-order valence-electron chi connectivity index (χ3n) is 2.83. The molecule has 1 aliphatic rings. The van der Waals surface area contributed by atoms with Gasteiger partial charge in [0.2, 0.25) is 0 Å². The molecule has 108 valence electrons. The Hall–Kier alpha value is -1.67. The van der Waals surface area contributed by atoms with Crippen LogP contribution in [0, 0.1) is 0 Å². The van der Waals surface area contributed by atoms with E-state index in [4.69, 9.17) is 15.2 Å². The fraction of sp³-hybridized carbons (Fsp3) is 0.727. The molecular weight excluding hydrogens is 254 g/mol. The number of amides is 3. The highest BCUT2D eigenvalue weighted by Crippen LogP contribution is 2.09. The summed E-state index contributed by atoms with van der Waals surface area (Å²) in [5.74, 6) is -1.30. The number of hydrogen-bond acceptors (Lipinski definition) is 6. The number of carbonyl (C=O) groups excluding carboxylic acids is 3. The topological polar surface area (TPSA) is 111 Å². The highest BCUT2D eigenvalue weighted by molar-refractivity contribution is 5.96. The Morgan fingerprint density at radius 2 is 2.21 bits per heavy atom. The number of nitrogens with zero attached hydrogens (tertiary/aromatic N) is 1. The fourth-order valence-electron chi connectivity index (χ4n) is 1.76. The minimum Gasteiger partial charge on any atom is -0.451 e. The second-order valence-electron chi connectivity index (χ2n) is 4.15. The third-order valence-corrected chi connectivity index (χ3v) is 2.83. The van der Waals surface area contributed by atoms with Gasteiger partial charge in [-0.05, 0) is 13.5 Å². The van der Waals surface area contributed by atoms with E-state index in [1.54, 1.807) is 0 Å². The first-order valence-corrected chi connectivity index (χ1v) is 6.08. The van der Waals surface area contributed by atoms with E-state index < -0.39 is 30.1 Å². The highest BCUT2D eigenvalue weighted by atomic mass is 16.6. The van der Waals surface area contributed by atoms with Gasteiger partial charge in [0, 0.05) is 6.54 Å². The molecule has 19 heavy (non-hydrogen) atoms. The van der Waals surface area contributed by atoms with Crippen LogP contribution in [-0.2, 0) is 19.1 Å². The van der Waals surface area contributed by atoms with Crippen molar-refractivity contribution in [2.75, 3.05) is 26.3 Å². The maximum absolute atomic E-state index is 11.9. The molecule has 0 aromatic carbocycles. The summed E-state index contributed by atoms with van der Waals surface area (Å²) in [6, 6.07) is -1.51. The maximum atomic E-state index is 11.9. The van der Waals surface area contributed by atoms with Crippen LogP contribution in [0.3, 0.4) is 0 Å². The molecular formula is C11H19N3O5. The number of rotatable bonds is 4. The zero-order chi connectivity index (χ0) is 14.4. The van der Waals surface area contributed by atoms with E-state index in [0.717, 1.165) is 0 Å². The van der Waals surface area contributed by atoms with Gasteiger partial charge < -0.3 is 15.2 Å². The van der Waals surface area contributed by atoms with Crippen LogP contribution in [0.1, 0.15) is 13.8 Å². The van der Waals surface area contributed by atoms with Gasteiger partial charge in [-0.3, -0.25) is 19.8 Å². The number of nitrogens with two attached hydrogens (primary N) is 1. The summed E-state index contributed by atoms with van der Waals surface area (Å²) in [6.45, 7) is 5.42. The lowest BCUT2D eigenvalue weighted by Crippen LogP contribution is -2.52. The van der Waals surface area contributed by atoms with Crippen LogP contribution in [0.15, 0.2) is 0 Å². The summed E-state index contributed by atoms with van der Waals surface area (Å²) in [5, 5.41) is 1.85. The van der Waals surface area contributed by atoms with Crippen molar-refractivity contribution in [3.05, 3.63) is 0 Å². The molecule has 0 unspecified atom stereocenters. The van der Waals surface area contributed by atoms with E-state index in [0.29, 0.717) is 19.7 Å². The van der Waals surface area contributed by atoms with Crippen molar-refractivity contribution in [2.45, 2.75) is 26.0 Å². The number of imide groups is 1. The Balaban J connectivity index is 2.53. The number of urea groups is 1. The lowest BCUT2D eigenvalue weighted by atomic mass is 10.2. The van der Waals surface area contributed by atoms with E-state index in [-0.39, 0.29) is 6.61 Å². The molecule has 0 aromatic rings. The molecule has 1 aliphatic heterocycles. The Bertz CT molecular complexity index is 360. The smallest absolute Gasteiger partial charge is 0.326 e. The maximum Gasteiger partial charge on any atom is 0.326 e. The molecule has 0 spiro atoms. The molecule has 2 atom stereocenters. The summed E-state index contributed by atoms with van der Waals surface area (Å²) in [5.41, 5.74) is 4.81. The third kappa shape index (κ3) is 4.49. The first-order valence-electron chi connectivity index (χ1n) is 6.08. The number of likely N-dealkylation sites (N-methyl/N-ethyl adjacent to an activating group) is 1. The molecule has 0 aromatic heterocycles. The van der Waals surface area contributed by atoms with Crippen molar-refractivity contribution in [3.8, 4) is 0 Å². The van der Waals surface area contributed by atoms with Crippen LogP contribution >= 0.6 is 0 Å². The van der Waals surface area contributed by atoms with Crippen molar-refractivity contribution in [1.29, 1.82) is 0 Å². The molecule has 1 fully saturated rings. The Morgan fingerprint density at radius 3 is 2.79 bits per heavy atom. The summed E-state index contributed by atoms with van der Waals surface area (Å²) in [4.78, 5) is 35.7. The quantitative estimate of drug-likeness (QED) is 0.625. The first kappa shape index (κ1) is 15.4. The summed E-state index contributed by atoms with van der Waals surface area (Å²) in [7, 11) is 0. The Morgan fingerprint density at radius 1 is 1.53 bits per heavy atom. The molecule has 0 saturated carbocycles. The SMILES string of the molecule is CCN1CCOC[C@@H]1C(=O)O[C@@H](C)C(=O)NC(N)=O. The molecule has 8 nitrogen and oxygen atoms in total. The van der Waals surface area contributed by atoms with Gasteiger partial charge in [0.15, 0.2) is 6.10 Å². The molecule has 1 rings (SSSR count). The van der Waals surface area contributed by atoms with Gasteiger partial charge in [-0.25, -0.2) is 4.79 Å². The second kappa shape index (κ2) is 7.05. The summed E-state index contributed by atoms with van der Waals surface area (Å²) < 4.78 is 10.2. The average molecular weight is 273 g/mol. The number of carbonyl (C=O) groups is 3. The van der Waals surface area contributed by atoms with Gasteiger partial charge in [0.1, 0.15) is 6.04 Å². The van der Waals surface area contributed by atoms with Gasteiger partial charge in [-0.1, -0.05) is 6.92 Å². The number of ether oxygens (including phenoxy) is 2. The second-order valence-corrected chi connectivity index (χ2v) is 4.15. The van der Waals surface area contributed by atoms with E-state index >= 15 is 0 Å². The summed E-state index contributed by atoms with van der Waals surface area (Å²) >= 11 is 0. The average Bonchev–Trinajstić information content (AvgIpc) is 2.37. The molecule has 3 amide bonds. The minimum absolute atomic E-state index is 0.233. The molecule has 8 heteroatoms. The van der Waals surface area contributed by atoms with E-state index in [2.05, 4.69) is 0 Å². The van der Waals surface area contributed by atoms with Gasteiger partial charge >= 0.3 is 12.0 Å². The van der Waals surface area contributed by atoms with Crippen LogP contribution in [0.2, 0.25) is 0 Å². The van der Waals surface area contributed by atoms with E-state index in [9.17, 15) is 14.4 Å². The predicted octanol–water partition coefficient (Wildman–Crippen LogP) is -1.17. The molecule has 0 aliphatic carbocycles. The van der Waals surface area contributed by atoms with Crippen LogP contribution < -0.4 is 11.1 Å². The zero-order valence-corrected chi connectivity index (χ0v) is 11.0. The van der Waals surface area contributed by atoms with Crippen molar-refractivity contribution in [1.82, 2.24) is 10.2 Å². The Labute approximate surface area is 111 Å². The van der Waals surface area contributed by atoms with E-state index in [1.807, 2.05) is 17.1 Å². The molecule has 1 saturated heterocycles. The lowest BCUT2D eigenvalue weighted by molar-refractivity contribution is -0.164. The number of esters is 1. The number of hydrogen-bond donors (Lipinski definition) is 2. The van der Waals surface area contributed by atoms with Crippen molar-refractivity contribution < 1.29 is 23.9 Å². The van der Waals surface area contributed by atoms with E-state index in [1.165, 1.54) is 6.92 Å². The van der Waals surface area contributed by atoms with Crippen LogP contribution in [-0.4, -0.2) is 61.3 Å². The van der Waals surface area contributed by atoms with Gasteiger partial charge in [0.25, 0.3) is 5.91 Å². The summed E-state index contributed by atoms with van der Waals surface area (Å²) in [6.07, 6.45) is -1.08. The zero-order valence-electron chi connectivity index (χ0n) is 11.0. The fourth-order valence-corrected chi connectivity index (χ4v) is 1.76. The standard InChI is InChI=1S/C11H19N3O5/c1-3-14-4-5-18-6-8(14)10(16)19-7(2)9(15)13-11(12)17/h7-8H,3-6H2,1-2H3,(H3,12,13,15,17)/t7-,8+/m0/s1. The number of morpholine rings is 1. The predicted molar refractivity (Wildman–Crippen MR) is 65.1 cm³/mol. The van der Waals surface area contributed by atoms with Crippen molar-refractivity contribution in [2.24, 2.45) is 5.73 Å². The van der Waals surface area contributed by atoms with Gasteiger partial charge in [0.05, 0.1) is 13.2 Å². The normalized spacial score (nSPS) is 21.5. The molecule has 0 radical (unpaired) electrons. The largest absolute Gasteiger partial charge is 0.451 e. The van der Waals surface area contributed by atoms with Crippen molar-refractivity contribution >= 4 is 17.9 Å². The Kier molecular flexibility index (Phi) is 5.71. The lowest BCUT2D eigenvalue weighted by Gasteiger charge is -2.33. The molecule has 3 N–H and O–H groups in total. The minimum atomic E-state index is -1.08. The van der Waals surface area contributed by atoms with Crippen molar-refractivity contribution in [3.63, 3.8) is 0 Å². The van der Waals surface area contributed by atoms with Crippen LogP contribution in [0.5, 0.6) is 0 Å². The van der Waals surface area contributed by atoms with Crippen LogP contribution in [0.4, 0.5) is 4.79 Å². The van der Waals surface area contributed by atoms with Crippen LogP contribution in [0.25, 0.3) is 0 Å². The number of primary amides is 1. The molecule has 1 heterocycles. The highest BCUT2D eigenvalue weighted by Gasteiger charge is 2.32. The first-order chi connectivity index (χ1) is 8.95. The molecule has 0 bridgehead atoms. The van der Waals surface area contributed by atoms with Gasteiger partial charge in [-0.2, -0.15) is 0 Å². The number of nitrogens with one attached hydrogen (secondary N) is 1. The van der Waals surface area contributed by atoms with Gasteiger partial charge in [-0.15, -0.1) is 0 Å².